The number of carboxylic acid groups (broad SMARTS) is 1. The molecule has 2 unspecified atom stereocenters. The summed E-state index contributed by atoms with van der Waals surface area (Å²) in [6.07, 6.45) is -5.18. The van der Waals surface area contributed by atoms with E-state index in [1.807, 2.05) is 0 Å². The molecule has 0 aliphatic carbocycles. The van der Waals surface area contributed by atoms with Gasteiger partial charge in [-0.1, -0.05) is 18.2 Å². The maximum Gasteiger partial charge on any atom is 0.416 e. The number of guanidine groups is 1. The van der Waals surface area contributed by atoms with E-state index in [1.165, 1.54) is 24.4 Å². The Balaban J connectivity index is 1.66. The summed E-state index contributed by atoms with van der Waals surface area (Å²) in [7, 11) is 0. The average Bonchev–Trinajstić information content (AvgIpc) is 3.36. The molecule has 39 heavy (non-hydrogen) atoms. The number of aliphatic carboxylic acids is 1. The first-order valence-corrected chi connectivity index (χ1v) is 11.6. The molecule has 11 nitrogen and oxygen atoms in total. The molecule has 2 aromatic carbocycles. The molecule has 1 aromatic heterocycles. The zero-order chi connectivity index (χ0) is 28.3. The van der Waals surface area contributed by atoms with Gasteiger partial charge in [0.25, 0.3) is 5.91 Å². The van der Waals surface area contributed by atoms with E-state index in [0.29, 0.717) is 22.7 Å². The Kier molecular flexibility index (Phi) is 7.69. The summed E-state index contributed by atoms with van der Waals surface area (Å²) >= 11 is 0. The van der Waals surface area contributed by atoms with Crippen LogP contribution in [0.2, 0.25) is 0 Å². The topological polar surface area (TPSA) is 175 Å². The van der Waals surface area contributed by atoms with Crippen LogP contribution in [-0.2, 0) is 15.8 Å². The number of H-pyrrole nitrogens is 1. The molecule has 15 heteroatoms. The van der Waals surface area contributed by atoms with E-state index in [0.717, 1.165) is 12.1 Å². The first-order valence-electron chi connectivity index (χ1n) is 11.6. The third-order valence-corrected chi connectivity index (χ3v) is 6.04. The number of nitrogens with two attached hydrogens (primary N) is 1. The highest BCUT2D eigenvalue weighted by Gasteiger charge is 2.35. The van der Waals surface area contributed by atoms with Gasteiger partial charge < -0.3 is 26.8 Å². The summed E-state index contributed by atoms with van der Waals surface area (Å²) in [6, 6.07) is 4.95. The van der Waals surface area contributed by atoms with Gasteiger partial charge in [0.2, 0.25) is 5.91 Å². The van der Waals surface area contributed by atoms with E-state index >= 15 is 0 Å². The van der Waals surface area contributed by atoms with Crippen LogP contribution in [0.1, 0.15) is 33.8 Å². The van der Waals surface area contributed by atoms with Gasteiger partial charge in [0, 0.05) is 16.9 Å². The number of nitrogens with zero attached hydrogens (tertiary/aromatic N) is 2. The van der Waals surface area contributed by atoms with Gasteiger partial charge in [0.05, 0.1) is 42.5 Å². The molecule has 1 aliphatic rings. The molecule has 0 spiro atoms. The molecule has 0 fully saturated rings. The van der Waals surface area contributed by atoms with Crippen molar-refractivity contribution in [3.8, 4) is 0 Å². The van der Waals surface area contributed by atoms with Crippen molar-refractivity contribution in [3.05, 3.63) is 59.3 Å². The first-order chi connectivity index (χ1) is 18.4. The predicted molar refractivity (Wildman–Crippen MR) is 132 cm³/mol. The van der Waals surface area contributed by atoms with Crippen molar-refractivity contribution in [1.29, 1.82) is 0 Å². The number of alkyl halides is 4. The molecule has 7 N–H and O–H groups in total. The number of fused-ring (bicyclic) bond motifs is 1. The van der Waals surface area contributed by atoms with Crippen LogP contribution in [0.25, 0.3) is 10.9 Å². The van der Waals surface area contributed by atoms with Gasteiger partial charge >= 0.3 is 12.1 Å². The number of hydrogen-bond donors (Lipinski definition) is 6. The minimum Gasteiger partial charge on any atom is -0.481 e. The Morgan fingerprint density at radius 3 is 2.62 bits per heavy atom. The number of hydrogen-bond acceptors (Lipinski definition) is 7. The Bertz CT molecular complexity index is 1440. The number of benzene rings is 2. The highest BCUT2D eigenvalue weighted by Crippen LogP contribution is 2.33. The van der Waals surface area contributed by atoms with Crippen molar-refractivity contribution in [1.82, 2.24) is 20.8 Å². The number of anilines is 1. The molecule has 0 saturated carbocycles. The monoisotopic (exact) mass is 549 g/mol. The summed E-state index contributed by atoms with van der Waals surface area (Å²) in [4.78, 5) is 41.3. The van der Waals surface area contributed by atoms with Crippen LogP contribution < -0.4 is 21.7 Å². The molecule has 0 saturated heterocycles. The first kappa shape index (κ1) is 27.3. The smallest absolute Gasteiger partial charge is 0.416 e. The second-order valence-corrected chi connectivity index (χ2v) is 8.83. The summed E-state index contributed by atoms with van der Waals surface area (Å²) in [5, 5.41) is 24.7. The minimum atomic E-state index is -4.72. The molecule has 206 valence electrons. The zero-order valence-corrected chi connectivity index (χ0v) is 20.1. The van der Waals surface area contributed by atoms with Gasteiger partial charge in [-0.15, -0.1) is 0 Å². The largest absolute Gasteiger partial charge is 0.481 e. The van der Waals surface area contributed by atoms with Gasteiger partial charge in [-0.25, -0.2) is 9.38 Å². The molecule has 2 heterocycles. The van der Waals surface area contributed by atoms with Crippen molar-refractivity contribution >= 4 is 40.3 Å². The van der Waals surface area contributed by atoms with Crippen molar-refractivity contribution in [2.45, 2.75) is 30.7 Å². The number of aromatic nitrogens is 2. The van der Waals surface area contributed by atoms with Crippen LogP contribution in [-0.4, -0.2) is 64.4 Å². The summed E-state index contributed by atoms with van der Waals surface area (Å²) in [6.45, 7) is -0.0355. The normalized spacial score (nSPS) is 17.0. The van der Waals surface area contributed by atoms with Crippen LogP contribution in [0, 0.1) is 0 Å². The fraction of sp³-hybridized carbons (Fsp3) is 0.292. The van der Waals surface area contributed by atoms with E-state index in [1.54, 1.807) is 0 Å². The Morgan fingerprint density at radius 2 is 1.97 bits per heavy atom. The Hall–Kier alpha value is -4.69. The number of carbonyl (C=O) groups is 3. The zero-order valence-electron chi connectivity index (χ0n) is 20.1. The molecule has 3 aromatic rings. The summed E-state index contributed by atoms with van der Waals surface area (Å²) in [5.74, 6) is -4.57. The van der Waals surface area contributed by atoms with Gasteiger partial charge in [-0.3, -0.25) is 19.5 Å². The quantitative estimate of drug-likeness (QED) is 0.233. The van der Waals surface area contributed by atoms with Gasteiger partial charge in [-0.05, 0) is 23.8 Å². The number of rotatable bonds is 8. The molecule has 0 radical (unpaired) electrons. The molecular weight excluding hydrogens is 526 g/mol. The predicted octanol–water partition coefficient (Wildman–Crippen LogP) is 2.13. The minimum absolute atomic E-state index is 0.0154. The van der Waals surface area contributed by atoms with E-state index in [-0.39, 0.29) is 30.2 Å². The van der Waals surface area contributed by atoms with E-state index in [9.17, 15) is 37.1 Å². The molecular formula is C24H23F4N7O4. The number of aliphatic imine (C=N–C) groups is 1. The number of nitrogens with one attached hydrogen (secondary N) is 4. The number of carbonyl (C=O) groups excluding carboxylic acids is 2. The number of primary amides is 1. The lowest BCUT2D eigenvalue weighted by molar-refractivity contribution is -0.138. The summed E-state index contributed by atoms with van der Waals surface area (Å²) in [5.41, 5.74) is 5.03. The second-order valence-electron chi connectivity index (χ2n) is 8.83. The van der Waals surface area contributed by atoms with Gasteiger partial charge in [-0.2, -0.15) is 18.3 Å². The molecule has 3 atom stereocenters. The Morgan fingerprint density at radius 1 is 1.21 bits per heavy atom. The van der Waals surface area contributed by atoms with Crippen molar-refractivity contribution in [2.75, 3.05) is 18.4 Å². The fourth-order valence-corrected chi connectivity index (χ4v) is 4.17. The SMILES string of the molecule is NC(=O)C(NC(=O)c1cc(NC2=NCC(F)CN2)c2cn[nH]c2c1)[C@@H](CC(=O)O)c1cccc(C(F)(F)F)c1. The molecule has 4 rings (SSSR count). The number of aromatic amines is 1. The fourth-order valence-electron chi connectivity index (χ4n) is 4.17. The summed E-state index contributed by atoms with van der Waals surface area (Å²) < 4.78 is 53.3. The third kappa shape index (κ3) is 6.42. The lowest BCUT2D eigenvalue weighted by Gasteiger charge is -2.26. The van der Waals surface area contributed by atoms with Crippen molar-refractivity contribution in [3.63, 3.8) is 0 Å². The van der Waals surface area contributed by atoms with Gasteiger partial charge in [0.1, 0.15) is 12.2 Å². The van der Waals surface area contributed by atoms with E-state index in [4.69, 9.17) is 5.73 Å². The number of amides is 2. The van der Waals surface area contributed by atoms with Crippen molar-refractivity contribution < 1.29 is 37.1 Å². The molecule has 0 bridgehead atoms. The van der Waals surface area contributed by atoms with Crippen molar-refractivity contribution in [2.24, 2.45) is 10.7 Å². The van der Waals surface area contributed by atoms with Gasteiger partial charge in [0.15, 0.2) is 5.96 Å². The van der Waals surface area contributed by atoms with Crippen LogP contribution in [0.15, 0.2) is 47.6 Å². The Labute approximate surface area is 217 Å². The lowest BCUT2D eigenvalue weighted by atomic mass is 9.87. The van der Waals surface area contributed by atoms with E-state index in [2.05, 4.69) is 31.1 Å². The van der Waals surface area contributed by atoms with Crippen LogP contribution in [0.4, 0.5) is 23.2 Å². The van der Waals surface area contributed by atoms with Crippen LogP contribution >= 0.6 is 0 Å². The number of halogens is 4. The van der Waals surface area contributed by atoms with Crippen LogP contribution in [0.5, 0.6) is 0 Å². The maximum atomic E-state index is 13.4. The molecule has 2 amide bonds. The maximum absolute atomic E-state index is 13.4. The van der Waals surface area contributed by atoms with E-state index < -0.39 is 54.1 Å². The highest BCUT2D eigenvalue weighted by atomic mass is 19.4. The lowest BCUT2D eigenvalue weighted by Crippen LogP contribution is -2.48. The third-order valence-electron chi connectivity index (χ3n) is 6.04. The standard InChI is InChI=1S/C24H23F4N7O4/c25-14-8-30-23(31-9-14)33-17-5-12(6-18-16(17)10-32-35-18)22(39)34-20(21(29)38)15(7-19(36)37)11-2-1-3-13(4-11)24(26,27)28/h1-6,10,14-15,20H,7-9H2,(H2,29,38)(H,32,35)(H,34,39)(H,36,37)(H2,30,31,33)/t15-,20?/m0/s1. The number of carboxylic acids is 1. The average molecular weight is 549 g/mol. The second kappa shape index (κ2) is 11.0. The molecule has 1 aliphatic heterocycles. The van der Waals surface area contributed by atoms with Crippen LogP contribution in [0.3, 0.4) is 0 Å². The highest BCUT2D eigenvalue weighted by molar-refractivity contribution is 6.07.